The Balaban J connectivity index is 1.89. The lowest BCUT2D eigenvalue weighted by molar-refractivity contribution is -0.150. The minimum atomic E-state index is -1.62. The number of methoxy groups -OCH3 is 1. The number of carbonyl (C=O) groups is 4. The molecule has 0 N–H and O–H groups in total. The van der Waals surface area contributed by atoms with E-state index < -0.39 is 34.7 Å². The maximum absolute atomic E-state index is 13.2. The number of amides is 2. The molecular formula is C22H22N4O5. The highest BCUT2D eigenvalue weighted by Crippen LogP contribution is 2.48. The van der Waals surface area contributed by atoms with Crippen LogP contribution in [0.3, 0.4) is 0 Å². The first-order chi connectivity index (χ1) is 14.8. The average Bonchev–Trinajstić information content (AvgIpc) is 3.53. The molecule has 1 heterocycles. The summed E-state index contributed by atoms with van der Waals surface area (Å²) in [5.41, 5.74) is 8.28. The van der Waals surface area contributed by atoms with Crippen LogP contribution in [0, 0.1) is 5.41 Å². The first kappa shape index (κ1) is 21.9. The predicted molar refractivity (Wildman–Crippen MR) is 111 cm³/mol. The number of benzene rings is 1. The zero-order valence-electron chi connectivity index (χ0n) is 17.3. The molecule has 9 heteroatoms. The van der Waals surface area contributed by atoms with Crippen molar-refractivity contribution < 1.29 is 28.7 Å². The number of para-hydroxylation sites is 1. The van der Waals surface area contributed by atoms with Crippen molar-refractivity contribution in [3.05, 3.63) is 54.2 Å². The molecule has 9 nitrogen and oxygen atoms in total. The van der Waals surface area contributed by atoms with Gasteiger partial charge in [-0.2, -0.15) is 4.79 Å². The van der Waals surface area contributed by atoms with E-state index in [1.54, 1.807) is 0 Å². The SMILES string of the molecule is C=CCN(C(=O)Cc1cn(C)c2ccccc12)C(=O)C1(C(=O)C(=[N+]=[N-])C(=O)OC)CC1. The van der Waals surface area contributed by atoms with E-state index in [-0.39, 0.29) is 25.8 Å². The van der Waals surface area contributed by atoms with Crippen LogP contribution < -0.4 is 0 Å². The van der Waals surface area contributed by atoms with E-state index >= 15 is 0 Å². The van der Waals surface area contributed by atoms with Crippen LogP contribution in [-0.4, -0.2) is 57.2 Å². The summed E-state index contributed by atoms with van der Waals surface area (Å²) in [6.45, 7) is 3.50. The van der Waals surface area contributed by atoms with E-state index in [1.165, 1.54) is 6.08 Å². The smallest absolute Gasteiger partial charge is 0.442 e. The molecule has 3 rings (SSSR count). The summed E-state index contributed by atoms with van der Waals surface area (Å²) in [5.74, 6) is -3.35. The van der Waals surface area contributed by atoms with Gasteiger partial charge in [0.2, 0.25) is 11.8 Å². The molecule has 0 unspecified atom stereocenters. The molecule has 1 aromatic carbocycles. The third-order valence-corrected chi connectivity index (χ3v) is 5.47. The molecule has 0 bridgehead atoms. The van der Waals surface area contributed by atoms with Gasteiger partial charge < -0.3 is 14.8 Å². The minimum absolute atomic E-state index is 0.0524. The fourth-order valence-corrected chi connectivity index (χ4v) is 3.68. The second-order valence-electron chi connectivity index (χ2n) is 7.41. The monoisotopic (exact) mass is 422 g/mol. The van der Waals surface area contributed by atoms with Gasteiger partial charge in [-0.25, -0.2) is 4.79 Å². The molecule has 1 aliphatic carbocycles. The highest BCUT2D eigenvalue weighted by Gasteiger charge is 2.63. The Morgan fingerprint density at radius 1 is 1.29 bits per heavy atom. The van der Waals surface area contributed by atoms with Gasteiger partial charge in [0.1, 0.15) is 5.41 Å². The van der Waals surface area contributed by atoms with Crippen molar-refractivity contribution in [2.75, 3.05) is 13.7 Å². The summed E-state index contributed by atoms with van der Waals surface area (Å²) in [6, 6.07) is 7.58. The molecule has 1 fully saturated rings. The van der Waals surface area contributed by atoms with Crippen LogP contribution in [0.15, 0.2) is 43.1 Å². The maximum atomic E-state index is 13.2. The number of ether oxygens (including phenoxy) is 1. The molecule has 2 aromatic rings. The molecule has 160 valence electrons. The van der Waals surface area contributed by atoms with Crippen molar-refractivity contribution in [2.24, 2.45) is 12.5 Å². The van der Waals surface area contributed by atoms with Crippen molar-refractivity contribution in [3.63, 3.8) is 0 Å². The molecule has 0 atom stereocenters. The van der Waals surface area contributed by atoms with Crippen LogP contribution in [0.4, 0.5) is 0 Å². The number of carbonyl (C=O) groups excluding carboxylic acids is 4. The van der Waals surface area contributed by atoms with Gasteiger partial charge >= 0.3 is 11.7 Å². The van der Waals surface area contributed by atoms with Gasteiger partial charge in [0.15, 0.2) is 0 Å². The van der Waals surface area contributed by atoms with Gasteiger partial charge in [-0.1, -0.05) is 24.3 Å². The largest absolute Gasteiger partial charge is 0.460 e. The first-order valence-corrected chi connectivity index (χ1v) is 9.64. The fraction of sp³-hybridized carbons (Fsp3) is 0.318. The summed E-state index contributed by atoms with van der Waals surface area (Å²) in [5, 5.41) is 0.891. The molecule has 0 radical (unpaired) electrons. The second-order valence-corrected chi connectivity index (χ2v) is 7.41. The van der Waals surface area contributed by atoms with Crippen molar-refractivity contribution in [2.45, 2.75) is 19.3 Å². The number of rotatable bonds is 8. The highest BCUT2D eigenvalue weighted by atomic mass is 16.5. The fourth-order valence-electron chi connectivity index (χ4n) is 3.68. The lowest BCUT2D eigenvalue weighted by Crippen LogP contribution is -2.48. The van der Waals surface area contributed by atoms with Crippen LogP contribution in [0.1, 0.15) is 18.4 Å². The van der Waals surface area contributed by atoms with Gasteiger partial charge in [0.25, 0.3) is 5.78 Å². The summed E-state index contributed by atoms with van der Waals surface area (Å²) >= 11 is 0. The van der Waals surface area contributed by atoms with Crippen molar-refractivity contribution in [1.82, 2.24) is 9.47 Å². The molecule has 1 aliphatic rings. The third kappa shape index (κ3) is 3.83. The summed E-state index contributed by atoms with van der Waals surface area (Å²) in [4.78, 5) is 54.5. The molecular weight excluding hydrogens is 400 g/mol. The molecule has 1 aromatic heterocycles. The highest BCUT2D eigenvalue weighted by molar-refractivity contribution is 6.65. The Bertz CT molecular complexity index is 1150. The van der Waals surface area contributed by atoms with Crippen molar-refractivity contribution in [1.29, 1.82) is 0 Å². The topological polar surface area (TPSA) is 122 Å². The van der Waals surface area contributed by atoms with Crippen molar-refractivity contribution >= 4 is 40.2 Å². The third-order valence-electron chi connectivity index (χ3n) is 5.47. The number of Topliss-reactive ketones (excluding diaryl/α,β-unsaturated/α-hetero) is 1. The number of aromatic nitrogens is 1. The molecule has 0 spiro atoms. The van der Waals surface area contributed by atoms with E-state index in [0.29, 0.717) is 0 Å². The van der Waals surface area contributed by atoms with E-state index in [2.05, 4.69) is 16.1 Å². The second kappa shape index (κ2) is 8.49. The van der Waals surface area contributed by atoms with Crippen molar-refractivity contribution in [3.8, 4) is 0 Å². The Morgan fingerprint density at radius 2 is 1.97 bits per heavy atom. The van der Waals surface area contributed by atoms with Gasteiger partial charge in [-0.15, -0.1) is 6.58 Å². The van der Waals surface area contributed by atoms with E-state index in [1.807, 2.05) is 42.1 Å². The minimum Gasteiger partial charge on any atom is -0.460 e. The number of fused-ring (bicyclic) bond motifs is 1. The standard InChI is InChI=1S/C22H22N4O5/c1-4-11-26(17(27)12-14-13-25(2)16-8-6-5-7-15(14)16)21(30)22(9-10-22)19(28)18(24-23)20(29)31-3/h4-8,13H,1,9-12H2,2-3H3. The molecule has 0 aliphatic heterocycles. The molecule has 2 amide bonds. The zero-order valence-corrected chi connectivity index (χ0v) is 17.3. The van der Waals surface area contributed by atoms with Crippen LogP contribution >= 0.6 is 0 Å². The summed E-state index contributed by atoms with van der Waals surface area (Å²) in [6.07, 6.45) is 3.43. The quantitative estimate of drug-likeness (QED) is 0.159. The maximum Gasteiger partial charge on any atom is 0.442 e. The summed E-state index contributed by atoms with van der Waals surface area (Å²) < 4.78 is 6.34. The van der Waals surface area contributed by atoms with Gasteiger partial charge in [0, 0.05) is 30.7 Å². The normalized spacial score (nSPS) is 13.7. The van der Waals surface area contributed by atoms with Crippen LogP contribution in [0.2, 0.25) is 0 Å². The van der Waals surface area contributed by atoms with Crippen LogP contribution in [0.5, 0.6) is 0 Å². The molecule has 1 saturated carbocycles. The summed E-state index contributed by atoms with van der Waals surface area (Å²) in [7, 11) is 2.89. The predicted octanol–water partition coefficient (Wildman–Crippen LogP) is 1.46. The number of hydrogen-bond acceptors (Lipinski definition) is 5. The lowest BCUT2D eigenvalue weighted by Gasteiger charge is -2.23. The zero-order chi connectivity index (χ0) is 22.8. The van der Waals surface area contributed by atoms with Gasteiger partial charge in [-0.3, -0.25) is 19.3 Å². The Labute approximate surface area is 178 Å². The van der Waals surface area contributed by atoms with E-state index in [4.69, 9.17) is 5.53 Å². The first-order valence-electron chi connectivity index (χ1n) is 9.64. The number of nitrogens with zero attached hydrogens (tertiary/aromatic N) is 4. The number of imide groups is 1. The molecule has 31 heavy (non-hydrogen) atoms. The number of hydrogen-bond donors (Lipinski definition) is 0. The Kier molecular flexibility index (Phi) is 5.99. The average molecular weight is 422 g/mol. The number of aryl methyl sites for hydroxylation is 1. The number of esters is 1. The Morgan fingerprint density at radius 3 is 2.55 bits per heavy atom. The van der Waals surface area contributed by atoms with Gasteiger partial charge in [0.05, 0.1) is 13.5 Å². The Hall–Kier alpha value is -3.84. The number of ketones is 1. The lowest BCUT2D eigenvalue weighted by atomic mass is 9.94. The van der Waals surface area contributed by atoms with E-state index in [9.17, 15) is 19.2 Å². The van der Waals surface area contributed by atoms with Crippen LogP contribution in [-0.2, 0) is 37.4 Å². The van der Waals surface area contributed by atoms with E-state index in [0.717, 1.165) is 28.5 Å². The van der Waals surface area contributed by atoms with Crippen LogP contribution in [0.25, 0.3) is 16.4 Å². The van der Waals surface area contributed by atoms with Gasteiger partial charge in [-0.05, 0) is 24.5 Å². The molecule has 0 saturated heterocycles.